The van der Waals surface area contributed by atoms with E-state index in [0.717, 1.165) is 5.56 Å². The molecule has 1 aromatic rings. The van der Waals surface area contributed by atoms with Gasteiger partial charge in [-0.2, -0.15) is 0 Å². The maximum atomic E-state index is 14.3. The molecule has 6 heteroatoms. The first-order valence-electron chi connectivity index (χ1n) is 7.07. The summed E-state index contributed by atoms with van der Waals surface area (Å²) in [6, 6.07) is 3.97. The van der Waals surface area contributed by atoms with Gasteiger partial charge in [0.2, 0.25) is 0 Å². The van der Waals surface area contributed by atoms with Gasteiger partial charge in [0.05, 0.1) is 7.11 Å². The molecule has 118 valence electrons. The number of rotatable bonds is 5. The van der Waals surface area contributed by atoms with E-state index in [0.29, 0.717) is 37.5 Å². The molecule has 1 fully saturated rings. The Kier molecular flexibility index (Phi) is 5.13. The van der Waals surface area contributed by atoms with Crippen molar-refractivity contribution in [3.63, 3.8) is 0 Å². The maximum absolute atomic E-state index is 14.3. The molecule has 1 heterocycles. The van der Waals surface area contributed by atoms with Gasteiger partial charge in [-0.15, -0.1) is 0 Å². The smallest absolute Gasteiger partial charge is 0.289 e. The highest BCUT2D eigenvalue weighted by atomic mass is 19.3. The molecule has 1 atom stereocenters. The average molecular weight is 300 g/mol. The van der Waals surface area contributed by atoms with Gasteiger partial charge < -0.3 is 15.2 Å². The molecule has 4 nitrogen and oxygen atoms in total. The molecule has 1 aliphatic heterocycles. The molecule has 0 unspecified atom stereocenters. The van der Waals surface area contributed by atoms with Crippen molar-refractivity contribution >= 4 is 0 Å². The van der Waals surface area contributed by atoms with Crippen LogP contribution >= 0.6 is 0 Å². The molecule has 2 N–H and O–H groups in total. The number of methoxy groups -OCH3 is 1. The van der Waals surface area contributed by atoms with Crippen LogP contribution in [0.4, 0.5) is 8.78 Å². The van der Waals surface area contributed by atoms with Crippen molar-refractivity contribution in [2.24, 2.45) is 0 Å². The second kappa shape index (κ2) is 6.68. The summed E-state index contributed by atoms with van der Waals surface area (Å²) in [7, 11) is 1.52. The Morgan fingerprint density at radius 2 is 2.05 bits per heavy atom. The Hall–Kier alpha value is -1.24. The van der Waals surface area contributed by atoms with Gasteiger partial charge >= 0.3 is 0 Å². The van der Waals surface area contributed by atoms with Crippen LogP contribution in [0.5, 0.6) is 5.75 Å². The van der Waals surface area contributed by atoms with Crippen LogP contribution in [0.25, 0.3) is 0 Å². The summed E-state index contributed by atoms with van der Waals surface area (Å²) in [5.41, 5.74) is 1.37. The Morgan fingerprint density at radius 1 is 1.38 bits per heavy atom. The number of aliphatic hydroxyl groups excluding tert-OH is 1. The topological polar surface area (TPSA) is 44.7 Å². The van der Waals surface area contributed by atoms with Crippen molar-refractivity contribution in [3.8, 4) is 5.75 Å². The van der Waals surface area contributed by atoms with Crippen LogP contribution in [0.2, 0.25) is 0 Å². The summed E-state index contributed by atoms with van der Waals surface area (Å²) in [6.45, 7) is 3.08. The Bertz CT molecular complexity index is 477. The minimum absolute atomic E-state index is 0.471. The van der Waals surface area contributed by atoms with Crippen LogP contribution in [0.3, 0.4) is 0 Å². The van der Waals surface area contributed by atoms with Crippen molar-refractivity contribution in [1.29, 1.82) is 0 Å². The average Bonchev–Trinajstić information content (AvgIpc) is 2.50. The first-order valence-corrected chi connectivity index (χ1v) is 7.07. The van der Waals surface area contributed by atoms with E-state index in [4.69, 9.17) is 9.84 Å². The van der Waals surface area contributed by atoms with Gasteiger partial charge in [0, 0.05) is 26.2 Å². The predicted octanol–water partition coefficient (Wildman–Crippen LogP) is 1.58. The van der Waals surface area contributed by atoms with Crippen molar-refractivity contribution < 1.29 is 18.6 Å². The summed E-state index contributed by atoms with van der Waals surface area (Å²) in [5, 5.41) is 12.3. The molecular weight excluding hydrogens is 278 g/mol. The second-order valence-electron chi connectivity index (χ2n) is 5.34. The standard InChI is InChI=1S/C15H22F2N2O2/c1-11-3-4-12(9-13(11)21-2)14(15(16,17)10-20)19-7-5-18-6-8-19/h3-4,9,14,18,20H,5-8,10H2,1-2H3/t14-/m1/s1. The first kappa shape index (κ1) is 16.1. The Balaban J connectivity index is 2.38. The third-order valence-corrected chi connectivity index (χ3v) is 3.88. The van der Waals surface area contributed by atoms with E-state index < -0.39 is 18.6 Å². The van der Waals surface area contributed by atoms with E-state index in [9.17, 15) is 8.78 Å². The molecule has 0 aromatic heterocycles. The number of halogens is 2. The van der Waals surface area contributed by atoms with Gasteiger partial charge in [-0.05, 0) is 24.1 Å². The highest BCUT2D eigenvalue weighted by molar-refractivity contribution is 5.38. The zero-order valence-corrected chi connectivity index (χ0v) is 12.4. The van der Waals surface area contributed by atoms with E-state index in [1.54, 1.807) is 23.1 Å². The fourth-order valence-electron chi connectivity index (χ4n) is 2.76. The van der Waals surface area contributed by atoms with E-state index in [2.05, 4.69) is 5.32 Å². The number of hydrogen-bond donors (Lipinski definition) is 2. The normalized spacial score (nSPS) is 18.5. The lowest BCUT2D eigenvalue weighted by atomic mass is 9.97. The molecule has 1 aromatic carbocycles. The molecule has 0 radical (unpaired) electrons. The second-order valence-corrected chi connectivity index (χ2v) is 5.34. The van der Waals surface area contributed by atoms with Gasteiger partial charge in [-0.25, -0.2) is 8.78 Å². The van der Waals surface area contributed by atoms with Crippen LogP contribution in [0, 0.1) is 6.92 Å². The predicted molar refractivity (Wildman–Crippen MR) is 76.9 cm³/mol. The minimum atomic E-state index is -3.20. The lowest BCUT2D eigenvalue weighted by Gasteiger charge is -2.38. The number of piperazine rings is 1. The summed E-state index contributed by atoms with van der Waals surface area (Å²) in [6.07, 6.45) is 0. The molecule has 1 saturated heterocycles. The van der Waals surface area contributed by atoms with E-state index in [1.807, 2.05) is 6.92 Å². The summed E-state index contributed by atoms with van der Waals surface area (Å²) in [5.74, 6) is -2.61. The van der Waals surface area contributed by atoms with Gasteiger partial charge in [0.1, 0.15) is 18.4 Å². The van der Waals surface area contributed by atoms with Crippen molar-refractivity contribution in [2.45, 2.75) is 18.9 Å². The highest BCUT2D eigenvalue weighted by Gasteiger charge is 2.44. The van der Waals surface area contributed by atoms with E-state index >= 15 is 0 Å². The van der Waals surface area contributed by atoms with Crippen LogP contribution in [-0.4, -0.2) is 55.8 Å². The molecule has 0 spiro atoms. The van der Waals surface area contributed by atoms with E-state index in [1.165, 1.54) is 7.11 Å². The fraction of sp³-hybridized carbons (Fsp3) is 0.600. The zero-order valence-electron chi connectivity index (χ0n) is 12.4. The molecule has 21 heavy (non-hydrogen) atoms. The van der Waals surface area contributed by atoms with Gasteiger partial charge in [-0.1, -0.05) is 12.1 Å². The molecule has 1 aliphatic rings. The third kappa shape index (κ3) is 3.51. The van der Waals surface area contributed by atoms with Crippen LogP contribution in [-0.2, 0) is 0 Å². The van der Waals surface area contributed by atoms with Crippen LogP contribution in [0.1, 0.15) is 17.2 Å². The third-order valence-electron chi connectivity index (χ3n) is 3.88. The molecule has 0 aliphatic carbocycles. The number of aliphatic hydroxyl groups is 1. The molecule has 2 rings (SSSR count). The molecule has 0 bridgehead atoms. The number of ether oxygens (including phenoxy) is 1. The maximum Gasteiger partial charge on any atom is 0.289 e. The SMILES string of the molecule is COc1cc([C@@H](N2CCNCC2)C(F)(F)CO)ccc1C. The largest absolute Gasteiger partial charge is 0.496 e. The summed E-state index contributed by atoms with van der Waals surface area (Å²) < 4.78 is 33.8. The molecule has 0 saturated carbocycles. The van der Waals surface area contributed by atoms with Crippen LogP contribution < -0.4 is 10.1 Å². The number of aryl methyl sites for hydroxylation is 1. The summed E-state index contributed by atoms with van der Waals surface area (Å²) in [4.78, 5) is 1.72. The number of hydrogen-bond acceptors (Lipinski definition) is 4. The van der Waals surface area contributed by atoms with Crippen molar-refractivity contribution in [1.82, 2.24) is 10.2 Å². The lowest BCUT2D eigenvalue weighted by Crippen LogP contribution is -2.51. The van der Waals surface area contributed by atoms with Crippen LogP contribution in [0.15, 0.2) is 18.2 Å². The number of benzene rings is 1. The first-order chi connectivity index (χ1) is 9.99. The Morgan fingerprint density at radius 3 is 2.62 bits per heavy atom. The fourth-order valence-corrected chi connectivity index (χ4v) is 2.76. The van der Waals surface area contributed by atoms with Crippen molar-refractivity contribution in [2.75, 3.05) is 39.9 Å². The number of nitrogens with zero attached hydrogens (tertiary/aromatic N) is 1. The quantitative estimate of drug-likeness (QED) is 0.866. The van der Waals surface area contributed by atoms with Gasteiger partial charge in [0.15, 0.2) is 0 Å². The monoisotopic (exact) mass is 300 g/mol. The summed E-state index contributed by atoms with van der Waals surface area (Å²) >= 11 is 0. The Labute approximate surface area is 123 Å². The zero-order chi connectivity index (χ0) is 15.5. The lowest BCUT2D eigenvalue weighted by molar-refractivity contribution is -0.118. The van der Waals surface area contributed by atoms with Gasteiger partial charge in [0.25, 0.3) is 5.92 Å². The molecule has 0 amide bonds. The number of nitrogens with one attached hydrogen (secondary N) is 1. The molecular formula is C15H22F2N2O2. The van der Waals surface area contributed by atoms with Crippen molar-refractivity contribution in [3.05, 3.63) is 29.3 Å². The number of alkyl halides is 2. The highest BCUT2D eigenvalue weighted by Crippen LogP contribution is 2.38. The van der Waals surface area contributed by atoms with Gasteiger partial charge in [-0.3, -0.25) is 4.90 Å². The minimum Gasteiger partial charge on any atom is -0.496 e. The van der Waals surface area contributed by atoms with E-state index in [-0.39, 0.29) is 0 Å².